The minimum absolute atomic E-state index is 0.0316. The number of ether oxygens (including phenoxy) is 1. The Labute approximate surface area is 176 Å². The monoisotopic (exact) mass is 446 g/mol. The molecule has 0 N–H and O–H groups in total. The minimum Gasteiger partial charge on any atom is -0.455 e. The Hall–Kier alpha value is -2.07. The maximum atomic E-state index is 13.9. The van der Waals surface area contributed by atoms with E-state index in [0.717, 1.165) is 16.4 Å². The van der Waals surface area contributed by atoms with E-state index in [4.69, 9.17) is 4.74 Å². The van der Waals surface area contributed by atoms with Crippen molar-refractivity contribution in [2.75, 3.05) is 19.7 Å². The molecule has 0 aromatic heterocycles. The van der Waals surface area contributed by atoms with E-state index in [0.29, 0.717) is 6.07 Å². The fourth-order valence-corrected chi connectivity index (χ4v) is 5.19. The molecule has 1 aliphatic rings. The van der Waals surface area contributed by atoms with Gasteiger partial charge in [-0.15, -0.1) is 0 Å². The highest BCUT2D eigenvalue weighted by atomic mass is 32.2. The van der Waals surface area contributed by atoms with Crippen LogP contribution >= 0.6 is 0 Å². The van der Waals surface area contributed by atoms with Gasteiger partial charge in [0.15, 0.2) is 6.61 Å². The number of piperidine rings is 1. The molecule has 1 aromatic carbocycles. The molecule has 0 radical (unpaired) electrons. The third-order valence-electron chi connectivity index (χ3n) is 5.04. The zero-order chi connectivity index (χ0) is 22.6. The third kappa shape index (κ3) is 5.54. The van der Waals surface area contributed by atoms with E-state index in [1.54, 1.807) is 4.90 Å². The number of amides is 1. The number of hydrogen-bond donors (Lipinski definition) is 0. The van der Waals surface area contributed by atoms with E-state index >= 15 is 0 Å². The number of benzene rings is 1. The number of sulfonamides is 1. The predicted molar refractivity (Wildman–Crippen MR) is 106 cm³/mol. The van der Waals surface area contributed by atoms with Gasteiger partial charge in [-0.2, -0.15) is 4.31 Å². The lowest BCUT2D eigenvalue weighted by Crippen LogP contribution is -2.45. The Morgan fingerprint density at radius 1 is 1.13 bits per heavy atom. The lowest BCUT2D eigenvalue weighted by atomic mass is 9.98. The average molecular weight is 447 g/mol. The second-order valence-electron chi connectivity index (χ2n) is 7.85. The molecule has 1 amide bonds. The smallest absolute Gasteiger partial charge is 0.309 e. The van der Waals surface area contributed by atoms with Crippen LogP contribution < -0.4 is 0 Å². The molecule has 0 bridgehead atoms. The van der Waals surface area contributed by atoms with Gasteiger partial charge >= 0.3 is 5.97 Å². The van der Waals surface area contributed by atoms with Gasteiger partial charge in [0.2, 0.25) is 10.0 Å². The largest absolute Gasteiger partial charge is 0.455 e. The van der Waals surface area contributed by atoms with Crippen molar-refractivity contribution in [1.82, 2.24) is 9.21 Å². The van der Waals surface area contributed by atoms with Crippen molar-refractivity contribution in [3.8, 4) is 0 Å². The molecule has 2 rings (SSSR count). The van der Waals surface area contributed by atoms with Crippen LogP contribution in [0, 0.1) is 17.6 Å². The lowest BCUT2D eigenvalue weighted by molar-refractivity contribution is -0.157. The van der Waals surface area contributed by atoms with Crippen LogP contribution in [0.1, 0.15) is 40.5 Å². The van der Waals surface area contributed by atoms with E-state index in [-0.39, 0.29) is 50.5 Å². The molecule has 168 valence electrons. The Bertz CT molecular complexity index is 873. The van der Waals surface area contributed by atoms with Crippen molar-refractivity contribution in [3.05, 3.63) is 29.8 Å². The molecule has 0 aliphatic carbocycles. The Morgan fingerprint density at radius 2 is 1.70 bits per heavy atom. The molecule has 30 heavy (non-hydrogen) atoms. The van der Waals surface area contributed by atoms with Crippen LogP contribution in [0.2, 0.25) is 0 Å². The van der Waals surface area contributed by atoms with Gasteiger partial charge in [-0.25, -0.2) is 17.2 Å². The van der Waals surface area contributed by atoms with E-state index < -0.39 is 38.4 Å². The van der Waals surface area contributed by atoms with Crippen molar-refractivity contribution < 1.29 is 31.5 Å². The van der Waals surface area contributed by atoms with Gasteiger partial charge < -0.3 is 9.64 Å². The summed E-state index contributed by atoms with van der Waals surface area (Å²) in [4.78, 5) is 25.5. The lowest BCUT2D eigenvalue weighted by Gasteiger charge is -2.32. The Kier molecular flexibility index (Phi) is 7.93. The summed E-state index contributed by atoms with van der Waals surface area (Å²) in [6.45, 7) is 7.05. The van der Waals surface area contributed by atoms with Gasteiger partial charge in [0.05, 0.1) is 5.92 Å². The fourth-order valence-electron chi connectivity index (χ4n) is 3.64. The van der Waals surface area contributed by atoms with Crippen LogP contribution in [-0.4, -0.2) is 61.3 Å². The molecular formula is C20H28F2N2O5S. The zero-order valence-electron chi connectivity index (χ0n) is 17.6. The van der Waals surface area contributed by atoms with Crippen LogP contribution in [0.4, 0.5) is 8.78 Å². The topological polar surface area (TPSA) is 84.0 Å². The first-order valence-electron chi connectivity index (χ1n) is 9.88. The van der Waals surface area contributed by atoms with Crippen LogP contribution in [0.5, 0.6) is 0 Å². The molecule has 0 unspecified atom stereocenters. The summed E-state index contributed by atoms with van der Waals surface area (Å²) in [6, 6.07) is 2.19. The maximum absolute atomic E-state index is 13.9. The highest BCUT2D eigenvalue weighted by Crippen LogP contribution is 2.26. The molecule has 1 aromatic rings. The summed E-state index contributed by atoms with van der Waals surface area (Å²) in [6.07, 6.45) is 0.336. The summed E-state index contributed by atoms with van der Waals surface area (Å²) in [5.74, 6) is -3.31. The van der Waals surface area contributed by atoms with Gasteiger partial charge in [-0.3, -0.25) is 9.59 Å². The molecule has 1 aliphatic heterocycles. The molecule has 0 saturated carbocycles. The quantitative estimate of drug-likeness (QED) is 0.601. The zero-order valence-corrected chi connectivity index (χ0v) is 18.4. The maximum Gasteiger partial charge on any atom is 0.309 e. The second kappa shape index (κ2) is 9.82. The van der Waals surface area contributed by atoms with Gasteiger partial charge in [-0.05, 0) is 58.7 Å². The third-order valence-corrected chi connectivity index (χ3v) is 6.95. The van der Waals surface area contributed by atoms with Crippen LogP contribution in [0.15, 0.2) is 23.1 Å². The Balaban J connectivity index is 1.94. The summed E-state index contributed by atoms with van der Waals surface area (Å²) >= 11 is 0. The van der Waals surface area contributed by atoms with Crippen LogP contribution in [-0.2, 0) is 24.3 Å². The van der Waals surface area contributed by atoms with Crippen molar-refractivity contribution in [1.29, 1.82) is 0 Å². The second-order valence-corrected chi connectivity index (χ2v) is 9.76. The molecular weight excluding hydrogens is 418 g/mol. The standard InChI is InChI=1S/C20H28F2N2O5S/c1-13(2)24(14(3)4)19(25)12-29-20(26)15-7-9-23(10-8-15)30(27,28)18-11-16(21)5-6-17(18)22/h5-6,11,13-15H,7-10,12H2,1-4H3. The number of hydrogen-bond acceptors (Lipinski definition) is 5. The van der Waals surface area contributed by atoms with E-state index in [1.165, 1.54) is 0 Å². The highest BCUT2D eigenvalue weighted by molar-refractivity contribution is 7.89. The number of halogens is 2. The predicted octanol–water partition coefficient (Wildman–Crippen LogP) is 2.55. The first-order valence-corrected chi connectivity index (χ1v) is 11.3. The van der Waals surface area contributed by atoms with Crippen LogP contribution in [0.25, 0.3) is 0 Å². The average Bonchev–Trinajstić information content (AvgIpc) is 2.67. The molecule has 1 saturated heterocycles. The van der Waals surface area contributed by atoms with Crippen molar-refractivity contribution in [2.45, 2.75) is 57.5 Å². The SMILES string of the molecule is CC(C)N(C(=O)COC(=O)C1CCN(S(=O)(=O)c2cc(F)ccc2F)CC1)C(C)C. The molecule has 1 heterocycles. The van der Waals surface area contributed by atoms with Gasteiger partial charge in [-0.1, -0.05) is 0 Å². The normalized spacial score (nSPS) is 16.1. The van der Waals surface area contributed by atoms with E-state index in [1.807, 2.05) is 27.7 Å². The highest BCUT2D eigenvalue weighted by Gasteiger charge is 2.34. The summed E-state index contributed by atoms with van der Waals surface area (Å²) in [7, 11) is -4.21. The molecule has 10 heteroatoms. The van der Waals surface area contributed by atoms with Crippen molar-refractivity contribution in [3.63, 3.8) is 0 Å². The summed E-state index contributed by atoms with van der Waals surface area (Å²) in [5, 5.41) is 0. The molecule has 1 fully saturated rings. The number of nitrogens with zero attached hydrogens (tertiary/aromatic N) is 2. The number of esters is 1. The van der Waals surface area contributed by atoms with Crippen molar-refractivity contribution in [2.24, 2.45) is 5.92 Å². The summed E-state index contributed by atoms with van der Waals surface area (Å²) in [5.41, 5.74) is 0. The minimum atomic E-state index is -4.21. The number of carbonyl (C=O) groups excluding carboxylic acids is 2. The van der Waals surface area contributed by atoms with E-state index in [2.05, 4.69) is 0 Å². The number of carbonyl (C=O) groups is 2. The molecule has 7 nitrogen and oxygen atoms in total. The first kappa shape index (κ1) is 24.2. The Morgan fingerprint density at radius 3 is 2.23 bits per heavy atom. The van der Waals surface area contributed by atoms with Gasteiger partial charge in [0.1, 0.15) is 16.5 Å². The number of rotatable bonds is 7. The molecule has 0 atom stereocenters. The fraction of sp³-hybridized carbons (Fsp3) is 0.600. The van der Waals surface area contributed by atoms with Gasteiger partial charge in [0.25, 0.3) is 5.91 Å². The van der Waals surface area contributed by atoms with Gasteiger partial charge in [0, 0.05) is 25.2 Å². The summed E-state index contributed by atoms with van der Waals surface area (Å²) < 4.78 is 58.7. The van der Waals surface area contributed by atoms with Crippen molar-refractivity contribution >= 4 is 21.9 Å². The van der Waals surface area contributed by atoms with E-state index in [9.17, 15) is 26.8 Å². The first-order chi connectivity index (χ1) is 13.9. The molecule has 0 spiro atoms. The van der Waals surface area contributed by atoms with Crippen LogP contribution in [0.3, 0.4) is 0 Å².